The van der Waals surface area contributed by atoms with Gasteiger partial charge in [0, 0.05) is 0 Å². The number of halogens is 1. The molecule has 0 rings (SSSR count). The Balaban J connectivity index is 0. The van der Waals surface area contributed by atoms with E-state index in [-0.39, 0.29) is 86.3 Å². The van der Waals surface area contributed by atoms with E-state index in [1.54, 1.807) is 0 Å². The third kappa shape index (κ3) is 8.86. The molecule has 0 aliphatic heterocycles. The minimum Gasteiger partial charge on any atom is -0.870 e. The molecule has 0 unspecified atom stereocenters. The minimum atomic E-state index is 0. The Morgan fingerprint density at radius 2 is 0.750 bits per heavy atom. The SMILES string of the molecule is [IH2+].[K+].[OH-].[OH-]. The Morgan fingerprint density at radius 1 is 0.750 bits per heavy atom. The van der Waals surface area contributed by atoms with E-state index >= 15 is 0 Å². The Morgan fingerprint density at radius 3 is 0.750 bits per heavy atom. The molecule has 0 fully saturated rings. The molecular formula is H4IKO2. The Hall–Kier alpha value is 2.29. The van der Waals surface area contributed by atoms with Gasteiger partial charge in [0.25, 0.3) is 0 Å². The summed E-state index contributed by atoms with van der Waals surface area (Å²) in [6.07, 6.45) is 0. The average Bonchev–Trinajstić information content (AvgIpc) is 0. The number of hydrogen-bond donors (Lipinski definition) is 0. The number of hydrogen-bond acceptors (Lipinski definition) is 2. The van der Waals surface area contributed by atoms with Gasteiger partial charge in [-0.15, -0.1) is 0 Å². The van der Waals surface area contributed by atoms with Crippen LogP contribution in [-0.2, 0) is 0 Å². The molecule has 4 heavy (non-hydrogen) atoms. The van der Waals surface area contributed by atoms with Crippen LogP contribution in [-0.4, -0.2) is 11.0 Å². The van der Waals surface area contributed by atoms with Gasteiger partial charge in [0.15, 0.2) is 0 Å². The van der Waals surface area contributed by atoms with Crippen molar-refractivity contribution in [3.63, 3.8) is 0 Å². The summed E-state index contributed by atoms with van der Waals surface area (Å²) in [5.41, 5.74) is 0. The second kappa shape index (κ2) is 18.6. The first-order valence-corrected chi connectivity index (χ1v) is 0. The van der Waals surface area contributed by atoms with Crippen LogP contribution in [0.15, 0.2) is 0 Å². The quantitative estimate of drug-likeness (QED) is 0.289. The molecule has 0 saturated carbocycles. The van der Waals surface area contributed by atoms with Gasteiger partial charge in [-0.3, -0.25) is 0 Å². The van der Waals surface area contributed by atoms with Crippen LogP contribution in [0.25, 0.3) is 0 Å². The molecule has 0 aromatic carbocycles. The van der Waals surface area contributed by atoms with Crippen molar-refractivity contribution in [1.29, 1.82) is 0 Å². The maximum absolute atomic E-state index is 0. The van der Waals surface area contributed by atoms with Gasteiger partial charge in [0.2, 0.25) is 24.0 Å². The second-order valence-corrected chi connectivity index (χ2v) is 0. The molecule has 0 spiro atoms. The van der Waals surface area contributed by atoms with Crippen LogP contribution < -0.4 is 75.4 Å². The fourth-order valence-corrected chi connectivity index (χ4v) is 0. The van der Waals surface area contributed by atoms with Crippen molar-refractivity contribution in [1.82, 2.24) is 0 Å². The fourth-order valence-electron chi connectivity index (χ4n) is 0. The maximum atomic E-state index is 0. The van der Waals surface area contributed by atoms with Crippen molar-refractivity contribution >= 4 is 0 Å². The van der Waals surface area contributed by atoms with E-state index in [4.69, 9.17) is 0 Å². The molecule has 0 atom stereocenters. The van der Waals surface area contributed by atoms with Gasteiger partial charge < -0.3 is 11.0 Å². The summed E-state index contributed by atoms with van der Waals surface area (Å²) in [6, 6.07) is 0. The van der Waals surface area contributed by atoms with E-state index in [0.29, 0.717) is 0 Å². The van der Waals surface area contributed by atoms with Gasteiger partial charge in [-0.1, -0.05) is 0 Å². The molecule has 2 N–H and O–H groups in total. The van der Waals surface area contributed by atoms with Gasteiger partial charge in [-0.25, -0.2) is 0 Å². The fraction of sp³-hybridized carbons (Fsp3) is 0. The van der Waals surface area contributed by atoms with Crippen molar-refractivity contribution in [2.24, 2.45) is 0 Å². The van der Waals surface area contributed by atoms with Crippen LogP contribution in [0, 0.1) is 0 Å². The van der Waals surface area contributed by atoms with Crippen LogP contribution in [0.5, 0.6) is 0 Å². The summed E-state index contributed by atoms with van der Waals surface area (Å²) in [5, 5.41) is 0. The van der Waals surface area contributed by atoms with Crippen molar-refractivity contribution in [3.8, 4) is 0 Å². The summed E-state index contributed by atoms with van der Waals surface area (Å²) >= 11 is 0. The van der Waals surface area contributed by atoms with Gasteiger partial charge in [-0.05, 0) is 0 Å². The first-order valence-electron chi connectivity index (χ1n) is 0. The molecule has 4 heteroatoms. The summed E-state index contributed by atoms with van der Waals surface area (Å²) in [7, 11) is 0. The monoisotopic (exact) mass is 202 g/mol. The molecule has 2 nitrogen and oxygen atoms in total. The first kappa shape index (κ1) is 33.6. The van der Waals surface area contributed by atoms with Gasteiger partial charge in [0.1, 0.15) is 0 Å². The molecule has 0 aromatic rings. The van der Waals surface area contributed by atoms with E-state index in [2.05, 4.69) is 0 Å². The van der Waals surface area contributed by atoms with E-state index in [1.165, 1.54) is 0 Å². The Labute approximate surface area is 84.4 Å². The van der Waals surface area contributed by atoms with Crippen LogP contribution in [0.2, 0.25) is 0 Å². The predicted octanol–water partition coefficient (Wildman–Crippen LogP) is -6.88. The first-order chi connectivity index (χ1) is 0. The van der Waals surface area contributed by atoms with E-state index in [0.717, 1.165) is 0 Å². The molecule has 0 aliphatic rings. The van der Waals surface area contributed by atoms with E-state index in [9.17, 15) is 0 Å². The predicted molar refractivity (Wildman–Crippen MR) is 6.66 cm³/mol. The standard InChI is InChI=1S/H2I.K.2H2O/h1H2;;2*1H2/q2*+1;;/p-2. The Kier molecular flexibility index (Phi) is 156. The van der Waals surface area contributed by atoms with Gasteiger partial charge in [-0.2, -0.15) is 0 Å². The zero-order valence-corrected chi connectivity index (χ0v) is 8.02. The van der Waals surface area contributed by atoms with Crippen LogP contribution in [0.1, 0.15) is 0 Å². The molecule has 0 heterocycles. The molecule has 0 saturated heterocycles. The summed E-state index contributed by atoms with van der Waals surface area (Å²) < 4.78 is 0. The minimum absolute atomic E-state index is 0. The van der Waals surface area contributed by atoms with Gasteiger partial charge in [0.05, 0.1) is 0 Å². The Bertz CT molecular complexity index is 6.00. The average molecular weight is 202 g/mol. The van der Waals surface area contributed by atoms with Crippen LogP contribution >= 0.6 is 0 Å². The largest absolute Gasteiger partial charge is 1.00 e. The third-order valence-electron chi connectivity index (χ3n) is 0. The van der Waals surface area contributed by atoms with E-state index < -0.39 is 0 Å². The van der Waals surface area contributed by atoms with Gasteiger partial charge >= 0.3 is 51.4 Å². The normalized spacial score (nSPS) is 0. The molecule has 0 radical (unpaired) electrons. The maximum Gasteiger partial charge on any atom is 1.00 e. The summed E-state index contributed by atoms with van der Waals surface area (Å²) in [5.74, 6) is 0. The van der Waals surface area contributed by atoms with Crippen molar-refractivity contribution in [2.75, 3.05) is 0 Å². The second-order valence-electron chi connectivity index (χ2n) is 0. The third-order valence-corrected chi connectivity index (χ3v) is 0. The summed E-state index contributed by atoms with van der Waals surface area (Å²) in [4.78, 5) is 0. The zero-order chi connectivity index (χ0) is 0. The topological polar surface area (TPSA) is 60.0 Å². The van der Waals surface area contributed by atoms with Crippen molar-refractivity contribution in [2.45, 2.75) is 0 Å². The van der Waals surface area contributed by atoms with E-state index in [1.807, 2.05) is 0 Å². The van der Waals surface area contributed by atoms with Crippen molar-refractivity contribution < 1.29 is 86.3 Å². The molecule has 0 aromatic heterocycles. The molecule has 24 valence electrons. The molecular weight excluding hydrogens is 198 g/mol. The smallest absolute Gasteiger partial charge is 0.870 e. The van der Waals surface area contributed by atoms with Crippen LogP contribution in [0.3, 0.4) is 0 Å². The molecule has 0 bridgehead atoms. The zero-order valence-electron chi connectivity index (χ0n) is 2.34. The van der Waals surface area contributed by atoms with Crippen LogP contribution in [0.4, 0.5) is 0 Å². The molecule has 0 amide bonds. The van der Waals surface area contributed by atoms with Crippen molar-refractivity contribution in [3.05, 3.63) is 0 Å². The number of rotatable bonds is 0. The summed E-state index contributed by atoms with van der Waals surface area (Å²) in [6.45, 7) is 0. The molecule has 0 aliphatic carbocycles.